The molecule has 1 saturated heterocycles. The predicted molar refractivity (Wildman–Crippen MR) is 112 cm³/mol. The fourth-order valence-corrected chi connectivity index (χ4v) is 3.91. The molecule has 0 aliphatic carbocycles. The topological polar surface area (TPSA) is 72.9 Å². The first-order chi connectivity index (χ1) is 13.8. The van der Waals surface area contributed by atoms with E-state index in [2.05, 4.69) is 30.4 Å². The van der Waals surface area contributed by atoms with Crippen LogP contribution in [-0.4, -0.2) is 61.5 Å². The lowest BCUT2D eigenvalue weighted by atomic mass is 9.97. The lowest BCUT2D eigenvalue weighted by Gasteiger charge is -2.37. The smallest absolute Gasteiger partial charge is 0.232 e. The second-order valence-corrected chi connectivity index (χ2v) is 7.05. The van der Waals surface area contributed by atoms with Crippen LogP contribution in [0.1, 0.15) is 17.9 Å². The van der Waals surface area contributed by atoms with Crippen molar-refractivity contribution in [3.8, 4) is 0 Å². The van der Waals surface area contributed by atoms with E-state index in [1.165, 1.54) is 0 Å². The molecule has 2 aromatic rings. The van der Waals surface area contributed by atoms with Crippen LogP contribution >= 0.6 is 0 Å². The summed E-state index contributed by atoms with van der Waals surface area (Å²) in [6, 6.07) is 13.9. The summed E-state index contributed by atoms with van der Waals surface area (Å²) >= 11 is 0. The highest BCUT2D eigenvalue weighted by molar-refractivity contribution is 6.02. The molecular weight excluding hydrogens is 352 g/mol. The number of nitrogens with zero attached hydrogens (tertiary/aromatic N) is 4. The summed E-state index contributed by atoms with van der Waals surface area (Å²) in [5.41, 5.74) is 2.03. The number of aliphatic imine (C=N–C) groups is 1. The number of aromatic nitrogens is 1. The molecule has 28 heavy (non-hydrogen) atoms. The van der Waals surface area contributed by atoms with E-state index in [0.717, 1.165) is 55.6 Å². The van der Waals surface area contributed by atoms with Gasteiger partial charge in [-0.1, -0.05) is 24.3 Å². The zero-order chi connectivity index (χ0) is 19.3. The Morgan fingerprint density at radius 2 is 1.96 bits per heavy atom. The van der Waals surface area contributed by atoms with Crippen LogP contribution in [0.25, 0.3) is 0 Å². The molecule has 0 bridgehead atoms. The van der Waals surface area contributed by atoms with Crippen LogP contribution in [0.2, 0.25) is 0 Å². The molecule has 2 aliphatic rings. The van der Waals surface area contributed by atoms with Gasteiger partial charge in [0.1, 0.15) is 5.82 Å². The van der Waals surface area contributed by atoms with Crippen LogP contribution in [0.15, 0.2) is 53.7 Å². The van der Waals surface area contributed by atoms with Crippen LogP contribution in [0, 0.1) is 0 Å². The molecule has 2 N–H and O–H groups in total. The maximum Gasteiger partial charge on any atom is 0.232 e. The van der Waals surface area contributed by atoms with Gasteiger partial charge in [-0.05, 0) is 30.2 Å². The molecule has 7 nitrogen and oxygen atoms in total. The molecule has 1 aromatic heterocycles. The van der Waals surface area contributed by atoms with Gasteiger partial charge in [-0.2, -0.15) is 0 Å². The SMILES string of the molecule is CN=C(NCCC1C(=O)Nc2ccccc21)N1CCN(c2ccccn2)CC1. The quantitative estimate of drug-likeness (QED) is 0.628. The van der Waals surface area contributed by atoms with Crippen molar-refractivity contribution in [2.75, 3.05) is 50.0 Å². The molecule has 1 unspecified atom stereocenters. The molecule has 0 saturated carbocycles. The Kier molecular flexibility index (Phi) is 5.41. The molecule has 7 heteroatoms. The lowest BCUT2D eigenvalue weighted by molar-refractivity contribution is -0.117. The van der Waals surface area contributed by atoms with Gasteiger partial charge in [-0.3, -0.25) is 9.79 Å². The average Bonchev–Trinajstić information content (AvgIpc) is 3.07. The monoisotopic (exact) mass is 378 g/mol. The van der Waals surface area contributed by atoms with E-state index in [1.54, 1.807) is 0 Å². The van der Waals surface area contributed by atoms with Crippen molar-refractivity contribution in [2.45, 2.75) is 12.3 Å². The van der Waals surface area contributed by atoms with Crippen molar-refractivity contribution in [1.29, 1.82) is 0 Å². The zero-order valence-corrected chi connectivity index (χ0v) is 16.1. The van der Waals surface area contributed by atoms with E-state index in [9.17, 15) is 4.79 Å². The van der Waals surface area contributed by atoms with E-state index in [-0.39, 0.29) is 11.8 Å². The minimum Gasteiger partial charge on any atom is -0.356 e. The first kappa shape index (κ1) is 18.3. The standard InChI is InChI=1S/C21H26N6O/c1-22-21(27-14-12-26(13-15-27)19-8-4-5-10-23-19)24-11-9-17-16-6-2-3-7-18(16)25-20(17)28/h2-8,10,17H,9,11-15H2,1H3,(H,22,24)(H,25,28). The van der Waals surface area contributed by atoms with Gasteiger partial charge in [-0.25, -0.2) is 4.98 Å². The van der Waals surface area contributed by atoms with Gasteiger partial charge in [0.25, 0.3) is 0 Å². The van der Waals surface area contributed by atoms with Crippen LogP contribution in [-0.2, 0) is 4.79 Å². The summed E-state index contributed by atoms with van der Waals surface area (Å²) < 4.78 is 0. The third-order valence-electron chi connectivity index (χ3n) is 5.39. The Bertz CT molecular complexity index is 845. The summed E-state index contributed by atoms with van der Waals surface area (Å²) in [4.78, 5) is 25.7. The molecule has 146 valence electrons. The largest absolute Gasteiger partial charge is 0.356 e. The number of benzene rings is 1. The highest BCUT2D eigenvalue weighted by Crippen LogP contribution is 2.33. The van der Waals surface area contributed by atoms with E-state index in [4.69, 9.17) is 0 Å². The molecule has 1 aromatic carbocycles. The molecule has 2 aliphatic heterocycles. The Morgan fingerprint density at radius 3 is 2.71 bits per heavy atom. The number of rotatable bonds is 4. The molecule has 0 radical (unpaired) electrons. The maximum absolute atomic E-state index is 12.3. The van der Waals surface area contributed by atoms with Crippen molar-refractivity contribution < 1.29 is 4.79 Å². The number of nitrogens with one attached hydrogen (secondary N) is 2. The predicted octanol–water partition coefficient (Wildman–Crippen LogP) is 1.90. The third-order valence-corrected chi connectivity index (χ3v) is 5.39. The third kappa shape index (κ3) is 3.78. The molecule has 1 fully saturated rings. The fraction of sp³-hybridized carbons (Fsp3) is 0.381. The number of pyridine rings is 1. The van der Waals surface area contributed by atoms with Crippen molar-refractivity contribution >= 4 is 23.4 Å². The minimum atomic E-state index is -0.0946. The summed E-state index contributed by atoms with van der Waals surface area (Å²) in [6.07, 6.45) is 2.58. The van der Waals surface area contributed by atoms with E-state index in [0.29, 0.717) is 6.54 Å². The molecule has 4 rings (SSSR count). The van der Waals surface area contributed by atoms with Crippen LogP contribution in [0.3, 0.4) is 0 Å². The van der Waals surface area contributed by atoms with Gasteiger partial charge < -0.3 is 20.4 Å². The van der Waals surface area contributed by atoms with Gasteiger partial charge in [-0.15, -0.1) is 0 Å². The number of anilines is 2. The Labute approximate surface area is 165 Å². The average molecular weight is 378 g/mol. The van der Waals surface area contributed by atoms with Crippen LogP contribution in [0.4, 0.5) is 11.5 Å². The van der Waals surface area contributed by atoms with Gasteiger partial charge in [0.2, 0.25) is 5.91 Å². The number of fused-ring (bicyclic) bond motifs is 1. The number of guanidine groups is 1. The Morgan fingerprint density at radius 1 is 1.18 bits per heavy atom. The van der Waals surface area contributed by atoms with Gasteiger partial charge in [0.15, 0.2) is 5.96 Å². The highest BCUT2D eigenvalue weighted by atomic mass is 16.2. The number of para-hydroxylation sites is 1. The Balaban J connectivity index is 1.29. The first-order valence-corrected chi connectivity index (χ1v) is 9.77. The van der Waals surface area contributed by atoms with Gasteiger partial charge in [0.05, 0.1) is 5.92 Å². The second-order valence-electron chi connectivity index (χ2n) is 7.05. The zero-order valence-electron chi connectivity index (χ0n) is 16.1. The number of carbonyl (C=O) groups is 1. The van der Waals surface area contributed by atoms with Crippen molar-refractivity contribution in [1.82, 2.24) is 15.2 Å². The number of carbonyl (C=O) groups excluding carboxylic acids is 1. The normalized spacial score (nSPS) is 19.4. The van der Waals surface area contributed by atoms with Gasteiger partial charge >= 0.3 is 0 Å². The summed E-state index contributed by atoms with van der Waals surface area (Å²) in [5, 5.41) is 6.40. The first-order valence-electron chi connectivity index (χ1n) is 9.77. The summed E-state index contributed by atoms with van der Waals surface area (Å²) in [6.45, 7) is 4.32. The van der Waals surface area contributed by atoms with Crippen molar-refractivity contribution in [3.05, 3.63) is 54.2 Å². The molecule has 3 heterocycles. The molecular formula is C21H26N6O. The second kappa shape index (κ2) is 8.29. The molecule has 0 spiro atoms. The maximum atomic E-state index is 12.3. The lowest BCUT2D eigenvalue weighted by Crippen LogP contribution is -2.53. The van der Waals surface area contributed by atoms with Crippen molar-refractivity contribution in [3.63, 3.8) is 0 Å². The van der Waals surface area contributed by atoms with E-state index < -0.39 is 0 Å². The number of hydrogen-bond donors (Lipinski definition) is 2. The van der Waals surface area contributed by atoms with E-state index in [1.807, 2.05) is 55.7 Å². The highest BCUT2D eigenvalue weighted by Gasteiger charge is 2.29. The number of hydrogen-bond acceptors (Lipinski definition) is 4. The van der Waals surface area contributed by atoms with Crippen LogP contribution in [0.5, 0.6) is 0 Å². The molecule has 1 atom stereocenters. The number of piperazine rings is 1. The summed E-state index contributed by atoms with van der Waals surface area (Å²) in [5.74, 6) is 1.91. The fourth-order valence-electron chi connectivity index (χ4n) is 3.91. The van der Waals surface area contributed by atoms with E-state index >= 15 is 0 Å². The number of amides is 1. The Hall–Kier alpha value is -3.09. The van der Waals surface area contributed by atoms with Crippen LogP contribution < -0.4 is 15.5 Å². The van der Waals surface area contributed by atoms with Crippen molar-refractivity contribution in [2.24, 2.45) is 4.99 Å². The van der Waals surface area contributed by atoms with Gasteiger partial charge in [0, 0.05) is 51.7 Å². The molecule has 1 amide bonds. The summed E-state index contributed by atoms with van der Waals surface area (Å²) in [7, 11) is 1.81. The minimum absolute atomic E-state index is 0.0852.